The summed E-state index contributed by atoms with van der Waals surface area (Å²) < 4.78 is 0. The summed E-state index contributed by atoms with van der Waals surface area (Å²) >= 11 is 0. The molecule has 1 heteroatoms. The lowest BCUT2D eigenvalue weighted by atomic mass is 9.87. The van der Waals surface area contributed by atoms with Crippen LogP contribution in [0.15, 0.2) is 30.2 Å². The minimum Gasteiger partial charge on any atom is -0.377 e. The molecule has 68 valence electrons. The van der Waals surface area contributed by atoms with E-state index in [0.717, 1.165) is 5.57 Å². The third-order valence-corrected chi connectivity index (χ3v) is 1.49. The fraction of sp³-hybridized carbons (Fsp3) is 0.545. The lowest BCUT2D eigenvalue weighted by Gasteiger charge is -2.17. The van der Waals surface area contributed by atoms with E-state index >= 15 is 0 Å². The van der Waals surface area contributed by atoms with Crippen LogP contribution in [0.1, 0.15) is 20.8 Å². The van der Waals surface area contributed by atoms with Crippen molar-refractivity contribution in [3.05, 3.63) is 30.2 Å². The minimum atomic E-state index is 0.133. The van der Waals surface area contributed by atoms with Gasteiger partial charge in [-0.2, -0.15) is 0 Å². The monoisotopic (exact) mass is 165 g/mol. The van der Waals surface area contributed by atoms with Gasteiger partial charge in [0, 0.05) is 25.9 Å². The first-order valence-electron chi connectivity index (χ1n) is 4.14. The highest BCUT2D eigenvalue weighted by atomic mass is 15.0. The molecule has 0 spiro atoms. The number of hydrogen-bond donors (Lipinski definition) is 0. The molecule has 0 aromatic rings. The van der Waals surface area contributed by atoms with Crippen molar-refractivity contribution in [3.63, 3.8) is 0 Å². The second kappa shape index (κ2) is 4.18. The summed E-state index contributed by atoms with van der Waals surface area (Å²) in [5, 5.41) is 0. The van der Waals surface area contributed by atoms with Crippen LogP contribution in [0.2, 0.25) is 0 Å². The molecule has 0 aromatic heterocycles. The molecular formula is C11H19N. The Morgan fingerprint density at radius 1 is 1.33 bits per heavy atom. The predicted octanol–water partition coefficient (Wildman–Crippen LogP) is 2.82. The SMILES string of the molecule is C=CC(=C=CN(C)C)C(C)(C)C. The van der Waals surface area contributed by atoms with Crippen molar-refractivity contribution in [2.75, 3.05) is 14.1 Å². The van der Waals surface area contributed by atoms with E-state index in [4.69, 9.17) is 0 Å². The molecule has 0 aliphatic carbocycles. The van der Waals surface area contributed by atoms with E-state index in [1.165, 1.54) is 0 Å². The second-order valence-corrected chi connectivity index (χ2v) is 4.10. The van der Waals surface area contributed by atoms with E-state index in [1.807, 2.05) is 31.3 Å². The summed E-state index contributed by atoms with van der Waals surface area (Å²) in [6.45, 7) is 10.2. The molecule has 0 atom stereocenters. The van der Waals surface area contributed by atoms with Crippen molar-refractivity contribution in [3.8, 4) is 0 Å². The zero-order valence-corrected chi connectivity index (χ0v) is 8.81. The number of allylic oxidation sites excluding steroid dienone is 2. The maximum atomic E-state index is 3.77. The maximum absolute atomic E-state index is 3.77. The molecule has 0 unspecified atom stereocenters. The summed E-state index contributed by atoms with van der Waals surface area (Å²) in [7, 11) is 3.97. The Hall–Kier alpha value is -0.940. The Morgan fingerprint density at radius 2 is 1.83 bits per heavy atom. The molecule has 12 heavy (non-hydrogen) atoms. The van der Waals surface area contributed by atoms with Crippen molar-refractivity contribution < 1.29 is 0 Å². The van der Waals surface area contributed by atoms with Gasteiger partial charge in [0.2, 0.25) is 0 Å². The van der Waals surface area contributed by atoms with E-state index in [2.05, 4.69) is 33.1 Å². The first kappa shape index (κ1) is 11.1. The highest BCUT2D eigenvalue weighted by molar-refractivity contribution is 5.21. The van der Waals surface area contributed by atoms with Crippen LogP contribution in [0.3, 0.4) is 0 Å². The van der Waals surface area contributed by atoms with Crippen LogP contribution in [0.5, 0.6) is 0 Å². The summed E-state index contributed by atoms with van der Waals surface area (Å²) in [6.07, 6.45) is 3.78. The molecular weight excluding hydrogens is 146 g/mol. The largest absolute Gasteiger partial charge is 0.377 e. The molecule has 0 amide bonds. The molecule has 1 nitrogen and oxygen atoms in total. The molecule has 0 bridgehead atoms. The van der Waals surface area contributed by atoms with E-state index in [9.17, 15) is 0 Å². The molecule has 0 rings (SSSR count). The van der Waals surface area contributed by atoms with E-state index in [1.54, 1.807) is 0 Å². The van der Waals surface area contributed by atoms with E-state index in [0.29, 0.717) is 0 Å². The van der Waals surface area contributed by atoms with Crippen molar-refractivity contribution in [2.45, 2.75) is 20.8 Å². The fourth-order valence-corrected chi connectivity index (χ4v) is 0.780. The van der Waals surface area contributed by atoms with Gasteiger partial charge in [0.15, 0.2) is 0 Å². The van der Waals surface area contributed by atoms with E-state index < -0.39 is 0 Å². The Balaban J connectivity index is 4.79. The molecule has 0 aliphatic heterocycles. The van der Waals surface area contributed by atoms with Gasteiger partial charge in [0.05, 0.1) is 0 Å². The molecule has 0 saturated carbocycles. The summed E-state index contributed by atoms with van der Waals surface area (Å²) in [5.41, 5.74) is 4.48. The van der Waals surface area contributed by atoms with Crippen molar-refractivity contribution in [1.82, 2.24) is 4.90 Å². The first-order valence-corrected chi connectivity index (χ1v) is 4.14. The van der Waals surface area contributed by atoms with Gasteiger partial charge in [0.25, 0.3) is 0 Å². The third-order valence-electron chi connectivity index (χ3n) is 1.49. The highest BCUT2D eigenvalue weighted by Crippen LogP contribution is 2.24. The van der Waals surface area contributed by atoms with Crippen LogP contribution < -0.4 is 0 Å². The lowest BCUT2D eigenvalue weighted by molar-refractivity contribution is 0.515. The quantitative estimate of drug-likeness (QED) is 0.449. The topological polar surface area (TPSA) is 3.24 Å². The smallest absolute Gasteiger partial charge is 0.0421 e. The van der Waals surface area contributed by atoms with Crippen LogP contribution in [0, 0.1) is 5.41 Å². The number of rotatable bonds is 2. The van der Waals surface area contributed by atoms with E-state index in [-0.39, 0.29) is 5.41 Å². The standard InChI is InChI=1S/C11H19N/c1-7-10(11(2,3)4)8-9-12(5)6/h7,9H,1H2,2-6H3. The average molecular weight is 165 g/mol. The first-order chi connectivity index (χ1) is 5.38. The van der Waals surface area contributed by atoms with Gasteiger partial charge in [-0.05, 0) is 5.41 Å². The Bertz CT molecular complexity index is 210. The zero-order valence-electron chi connectivity index (χ0n) is 8.81. The van der Waals surface area contributed by atoms with Gasteiger partial charge < -0.3 is 4.90 Å². The van der Waals surface area contributed by atoms with Crippen molar-refractivity contribution in [1.29, 1.82) is 0 Å². The van der Waals surface area contributed by atoms with Gasteiger partial charge in [-0.15, -0.1) is 0 Å². The molecule has 0 radical (unpaired) electrons. The lowest BCUT2D eigenvalue weighted by Crippen LogP contribution is -2.07. The van der Waals surface area contributed by atoms with Gasteiger partial charge in [-0.25, -0.2) is 0 Å². The molecule has 0 N–H and O–H groups in total. The average Bonchev–Trinajstić information content (AvgIpc) is 1.85. The third kappa shape index (κ3) is 4.05. The highest BCUT2D eigenvalue weighted by Gasteiger charge is 2.12. The van der Waals surface area contributed by atoms with Crippen LogP contribution >= 0.6 is 0 Å². The molecule has 0 saturated heterocycles. The molecule has 0 fully saturated rings. The molecule has 0 aliphatic rings. The van der Waals surface area contributed by atoms with Gasteiger partial charge in [-0.3, -0.25) is 0 Å². The van der Waals surface area contributed by atoms with Gasteiger partial charge in [0.1, 0.15) is 0 Å². The zero-order chi connectivity index (χ0) is 9.78. The van der Waals surface area contributed by atoms with Gasteiger partial charge in [-0.1, -0.05) is 39.2 Å². The number of nitrogens with zero attached hydrogens (tertiary/aromatic N) is 1. The molecule has 0 heterocycles. The minimum absolute atomic E-state index is 0.133. The number of hydrogen-bond acceptors (Lipinski definition) is 1. The Kier molecular flexibility index (Phi) is 3.85. The molecule has 0 aromatic carbocycles. The van der Waals surface area contributed by atoms with Crippen LogP contribution in [0.25, 0.3) is 0 Å². The predicted molar refractivity (Wildman–Crippen MR) is 54.9 cm³/mol. The van der Waals surface area contributed by atoms with Crippen LogP contribution in [-0.4, -0.2) is 19.0 Å². The van der Waals surface area contributed by atoms with Crippen LogP contribution in [0.4, 0.5) is 0 Å². The maximum Gasteiger partial charge on any atom is 0.0421 e. The normalized spacial score (nSPS) is 10.1. The summed E-state index contributed by atoms with van der Waals surface area (Å²) in [6, 6.07) is 0. The van der Waals surface area contributed by atoms with Crippen molar-refractivity contribution in [2.24, 2.45) is 5.41 Å². The van der Waals surface area contributed by atoms with Crippen molar-refractivity contribution >= 4 is 0 Å². The van der Waals surface area contributed by atoms with Gasteiger partial charge >= 0.3 is 0 Å². The Morgan fingerprint density at radius 3 is 2.08 bits per heavy atom. The summed E-state index contributed by atoms with van der Waals surface area (Å²) in [4.78, 5) is 1.97. The summed E-state index contributed by atoms with van der Waals surface area (Å²) in [5.74, 6) is 0. The second-order valence-electron chi connectivity index (χ2n) is 4.10. The van der Waals surface area contributed by atoms with Crippen LogP contribution in [-0.2, 0) is 0 Å². The Labute approximate surface area is 76.1 Å². The fourth-order valence-electron chi connectivity index (χ4n) is 0.780.